The molecule has 0 spiro atoms. The summed E-state index contributed by atoms with van der Waals surface area (Å²) in [6.07, 6.45) is 1.23. The fourth-order valence-corrected chi connectivity index (χ4v) is 3.51. The fourth-order valence-electron chi connectivity index (χ4n) is 3.51. The van der Waals surface area contributed by atoms with Crippen molar-refractivity contribution >= 4 is 10.8 Å². The van der Waals surface area contributed by atoms with Crippen LogP contribution in [-0.2, 0) is 9.47 Å². The normalized spacial score (nSPS) is 13.7. The number of hydrogen-bond donors (Lipinski definition) is 1. The van der Waals surface area contributed by atoms with Crippen LogP contribution in [0.3, 0.4) is 0 Å². The molecule has 5 heteroatoms. The third kappa shape index (κ3) is 8.08. The predicted octanol–water partition coefficient (Wildman–Crippen LogP) is 5.25. The highest BCUT2D eigenvalue weighted by Gasteiger charge is 2.34. The van der Waals surface area contributed by atoms with E-state index in [0.29, 0.717) is 26.3 Å². The summed E-state index contributed by atoms with van der Waals surface area (Å²) >= 11 is 0. The summed E-state index contributed by atoms with van der Waals surface area (Å²) in [6.45, 7) is 15.2. The lowest BCUT2D eigenvalue weighted by molar-refractivity contribution is -0.240. The molecule has 2 aromatic carbocycles. The van der Waals surface area contributed by atoms with Crippen LogP contribution in [-0.4, -0.2) is 60.3 Å². The molecule has 0 aromatic heterocycles. The number of rotatable bonds is 13. The van der Waals surface area contributed by atoms with Gasteiger partial charge in [-0.1, -0.05) is 50.2 Å². The van der Waals surface area contributed by atoms with E-state index in [0.717, 1.165) is 29.4 Å². The van der Waals surface area contributed by atoms with Crippen LogP contribution in [0.25, 0.3) is 10.8 Å². The van der Waals surface area contributed by atoms with Crippen molar-refractivity contribution in [1.82, 2.24) is 4.90 Å². The van der Waals surface area contributed by atoms with Gasteiger partial charge in [-0.15, -0.1) is 0 Å². The van der Waals surface area contributed by atoms with E-state index in [1.807, 2.05) is 37.3 Å². The van der Waals surface area contributed by atoms with Crippen LogP contribution < -0.4 is 4.74 Å². The van der Waals surface area contributed by atoms with E-state index in [2.05, 4.69) is 51.7 Å². The summed E-state index contributed by atoms with van der Waals surface area (Å²) in [5, 5.41) is 13.0. The van der Waals surface area contributed by atoms with Gasteiger partial charge in [0.2, 0.25) is 0 Å². The molecular weight excluding hydrogens is 390 g/mol. The number of hydrogen-bond acceptors (Lipinski definition) is 5. The number of nitrogens with zero attached hydrogens (tertiary/aromatic N) is 1. The number of aliphatic hydroxyl groups excluding tert-OH is 1. The molecule has 0 amide bonds. The van der Waals surface area contributed by atoms with Gasteiger partial charge >= 0.3 is 0 Å². The van der Waals surface area contributed by atoms with E-state index in [-0.39, 0.29) is 12.1 Å². The Labute approximate surface area is 188 Å². The Kier molecular flexibility index (Phi) is 9.76. The molecular formula is C26H41NO4. The molecule has 0 aliphatic rings. The smallest absolute Gasteiger partial charge is 0.178 e. The quantitative estimate of drug-likeness (QED) is 0.439. The summed E-state index contributed by atoms with van der Waals surface area (Å²) in [4.78, 5) is 2.22. The first-order chi connectivity index (χ1) is 14.7. The lowest BCUT2D eigenvalue weighted by atomic mass is 10.0. The minimum absolute atomic E-state index is 0.160. The second-order valence-corrected chi connectivity index (χ2v) is 9.32. The van der Waals surface area contributed by atoms with Crippen molar-refractivity contribution < 1.29 is 19.3 Å². The molecule has 2 aromatic rings. The molecule has 0 aliphatic carbocycles. The number of β-amino-alcohol motifs (C(OH)–C–C–N with tert-alkyl or cyclic N) is 1. The largest absolute Gasteiger partial charge is 0.490 e. The molecule has 0 saturated heterocycles. The molecule has 0 heterocycles. The average Bonchev–Trinajstić information content (AvgIpc) is 2.74. The van der Waals surface area contributed by atoms with Gasteiger partial charge in [0.15, 0.2) is 5.79 Å². The molecule has 1 unspecified atom stereocenters. The molecule has 1 N–H and O–H groups in total. The molecule has 1 atom stereocenters. The first-order valence-corrected chi connectivity index (χ1v) is 11.5. The van der Waals surface area contributed by atoms with Crippen molar-refractivity contribution in [3.63, 3.8) is 0 Å². The maximum atomic E-state index is 10.8. The second-order valence-electron chi connectivity index (χ2n) is 9.32. The standard InChI is InChI=1S/C26H41NO4/c1-7-16-30-26(6,31-17-8-2)20-27(25(3,4)5)18-22(28)19-29-24-15-11-13-21-12-9-10-14-23(21)24/h9-15,22,28H,7-8,16-20H2,1-6H3. The Bertz CT molecular complexity index is 773. The Balaban J connectivity index is 2.05. The monoisotopic (exact) mass is 431 g/mol. The van der Waals surface area contributed by atoms with Crippen molar-refractivity contribution in [2.45, 2.75) is 71.8 Å². The zero-order valence-electron chi connectivity index (χ0n) is 20.2. The number of aliphatic hydroxyl groups is 1. The van der Waals surface area contributed by atoms with E-state index >= 15 is 0 Å². The predicted molar refractivity (Wildman–Crippen MR) is 128 cm³/mol. The van der Waals surface area contributed by atoms with Crippen molar-refractivity contribution in [1.29, 1.82) is 0 Å². The summed E-state index contributed by atoms with van der Waals surface area (Å²) in [7, 11) is 0. The first-order valence-electron chi connectivity index (χ1n) is 11.5. The lowest BCUT2D eigenvalue weighted by Gasteiger charge is -2.42. The van der Waals surface area contributed by atoms with Crippen molar-refractivity contribution in [3.05, 3.63) is 42.5 Å². The SMILES string of the molecule is CCCOC(C)(CN(CC(O)COc1cccc2ccccc12)C(C)(C)C)OCCC. The number of ether oxygens (including phenoxy) is 3. The van der Waals surface area contributed by atoms with Crippen LogP contribution in [0.15, 0.2) is 42.5 Å². The third-order valence-electron chi connectivity index (χ3n) is 5.26. The van der Waals surface area contributed by atoms with Crippen molar-refractivity contribution in [2.24, 2.45) is 0 Å². The summed E-state index contributed by atoms with van der Waals surface area (Å²) < 4.78 is 18.2. The summed E-state index contributed by atoms with van der Waals surface area (Å²) in [5.41, 5.74) is -0.160. The van der Waals surface area contributed by atoms with Crippen LogP contribution in [0.5, 0.6) is 5.75 Å². The first kappa shape index (κ1) is 25.6. The Morgan fingerprint density at radius 3 is 2.13 bits per heavy atom. The van der Waals surface area contributed by atoms with Gasteiger partial charge in [-0.3, -0.25) is 4.90 Å². The highest BCUT2D eigenvalue weighted by molar-refractivity contribution is 5.88. The van der Waals surface area contributed by atoms with Crippen molar-refractivity contribution in [3.8, 4) is 5.75 Å². The summed E-state index contributed by atoms with van der Waals surface area (Å²) in [6, 6.07) is 14.1. The minimum Gasteiger partial charge on any atom is -0.490 e. The van der Waals surface area contributed by atoms with Gasteiger partial charge in [-0.2, -0.15) is 0 Å². The number of benzene rings is 2. The van der Waals surface area contributed by atoms with Gasteiger partial charge in [-0.05, 0) is 52.0 Å². The molecule has 0 aliphatic heterocycles. The van der Waals surface area contributed by atoms with E-state index < -0.39 is 11.9 Å². The molecule has 174 valence electrons. The Morgan fingerprint density at radius 2 is 1.52 bits per heavy atom. The maximum absolute atomic E-state index is 10.8. The maximum Gasteiger partial charge on any atom is 0.178 e. The number of fused-ring (bicyclic) bond motifs is 1. The molecule has 0 saturated carbocycles. The van der Waals surface area contributed by atoms with E-state index in [4.69, 9.17) is 14.2 Å². The van der Waals surface area contributed by atoms with Crippen LogP contribution in [0.4, 0.5) is 0 Å². The average molecular weight is 432 g/mol. The van der Waals surface area contributed by atoms with E-state index in [1.54, 1.807) is 0 Å². The molecule has 31 heavy (non-hydrogen) atoms. The minimum atomic E-state index is -0.713. The fraction of sp³-hybridized carbons (Fsp3) is 0.615. The lowest BCUT2D eigenvalue weighted by Crippen LogP contribution is -2.54. The van der Waals surface area contributed by atoms with Gasteiger partial charge in [0.25, 0.3) is 0 Å². The molecule has 0 fully saturated rings. The van der Waals surface area contributed by atoms with Crippen molar-refractivity contribution in [2.75, 3.05) is 32.9 Å². The van der Waals surface area contributed by atoms with Gasteiger partial charge in [-0.25, -0.2) is 0 Å². The molecule has 0 bridgehead atoms. The highest BCUT2D eigenvalue weighted by Crippen LogP contribution is 2.26. The molecule has 0 radical (unpaired) electrons. The van der Waals surface area contributed by atoms with Gasteiger partial charge in [0.1, 0.15) is 18.5 Å². The van der Waals surface area contributed by atoms with Crippen LogP contribution in [0.1, 0.15) is 54.4 Å². The van der Waals surface area contributed by atoms with Gasteiger partial charge in [0, 0.05) is 30.7 Å². The second kappa shape index (κ2) is 11.8. The third-order valence-corrected chi connectivity index (χ3v) is 5.26. The molecule has 2 rings (SSSR count). The van der Waals surface area contributed by atoms with E-state index in [9.17, 15) is 5.11 Å². The topological polar surface area (TPSA) is 51.2 Å². The zero-order valence-corrected chi connectivity index (χ0v) is 20.2. The Morgan fingerprint density at radius 1 is 0.903 bits per heavy atom. The highest BCUT2D eigenvalue weighted by atomic mass is 16.7. The molecule has 5 nitrogen and oxygen atoms in total. The summed E-state index contributed by atoms with van der Waals surface area (Å²) in [5.74, 6) is 0.0806. The Hall–Kier alpha value is -1.66. The van der Waals surface area contributed by atoms with Crippen LogP contribution in [0.2, 0.25) is 0 Å². The van der Waals surface area contributed by atoms with E-state index in [1.165, 1.54) is 0 Å². The van der Waals surface area contributed by atoms with Crippen LogP contribution in [0, 0.1) is 0 Å². The van der Waals surface area contributed by atoms with Gasteiger partial charge < -0.3 is 19.3 Å². The van der Waals surface area contributed by atoms with Gasteiger partial charge in [0.05, 0.1) is 6.54 Å². The zero-order chi connectivity index (χ0) is 22.9. The van der Waals surface area contributed by atoms with Crippen LogP contribution >= 0.6 is 0 Å².